The first-order valence-corrected chi connectivity index (χ1v) is 6.91. The first-order valence-electron chi connectivity index (χ1n) is 5.99. The fourth-order valence-corrected chi connectivity index (χ4v) is 2.49. The van der Waals surface area contributed by atoms with Gasteiger partial charge in [0, 0.05) is 19.8 Å². The maximum absolute atomic E-state index is 11.7. The van der Waals surface area contributed by atoms with Crippen LogP contribution in [0.25, 0.3) is 0 Å². The second kappa shape index (κ2) is 7.03. The third-order valence-corrected chi connectivity index (χ3v) is 3.92. The predicted octanol–water partition coefficient (Wildman–Crippen LogP) is 0.779. The van der Waals surface area contributed by atoms with Gasteiger partial charge >= 0.3 is 17.9 Å². The molecule has 5 atom stereocenters. The highest BCUT2D eigenvalue weighted by Gasteiger charge is 2.50. The van der Waals surface area contributed by atoms with Crippen molar-refractivity contribution in [1.29, 1.82) is 0 Å². The van der Waals surface area contributed by atoms with Gasteiger partial charge in [0.1, 0.15) is 11.1 Å². The summed E-state index contributed by atoms with van der Waals surface area (Å²) in [5.41, 5.74) is 0. The molecule has 1 aliphatic rings. The van der Waals surface area contributed by atoms with Crippen molar-refractivity contribution in [2.75, 3.05) is 7.11 Å². The molecule has 20 heavy (non-hydrogen) atoms. The second-order valence-electron chi connectivity index (χ2n) is 4.44. The van der Waals surface area contributed by atoms with E-state index in [1.807, 2.05) is 0 Å². The Morgan fingerprint density at radius 3 is 2.00 bits per heavy atom. The van der Waals surface area contributed by atoms with Gasteiger partial charge in [-0.05, 0) is 0 Å². The molecule has 8 heteroatoms. The summed E-state index contributed by atoms with van der Waals surface area (Å²) < 4.78 is 20.3. The monoisotopic (exact) mass is 352 g/mol. The molecule has 0 aromatic heterocycles. The third kappa shape index (κ3) is 3.92. The van der Waals surface area contributed by atoms with Gasteiger partial charge < -0.3 is 18.9 Å². The van der Waals surface area contributed by atoms with E-state index in [0.717, 1.165) is 0 Å². The zero-order valence-corrected chi connectivity index (χ0v) is 13.2. The predicted molar refractivity (Wildman–Crippen MR) is 69.9 cm³/mol. The zero-order chi connectivity index (χ0) is 15.4. The Morgan fingerprint density at radius 2 is 1.55 bits per heavy atom. The molecule has 1 heterocycles. The van der Waals surface area contributed by atoms with Gasteiger partial charge in [-0.2, -0.15) is 0 Å². The molecule has 1 fully saturated rings. The zero-order valence-electron chi connectivity index (χ0n) is 11.6. The molecule has 0 aromatic rings. The van der Waals surface area contributed by atoms with Gasteiger partial charge in [0.2, 0.25) is 0 Å². The minimum absolute atomic E-state index is 0.316. The summed E-state index contributed by atoms with van der Waals surface area (Å²) in [6.07, 6.45) is -3.01. The molecule has 0 spiro atoms. The summed E-state index contributed by atoms with van der Waals surface area (Å²) in [4.78, 5) is 34.2. The second-order valence-corrected chi connectivity index (χ2v) is 5.34. The Morgan fingerprint density at radius 1 is 1.05 bits per heavy atom. The molecule has 0 amide bonds. The molecule has 1 aliphatic heterocycles. The van der Waals surface area contributed by atoms with Crippen molar-refractivity contribution in [1.82, 2.24) is 0 Å². The van der Waals surface area contributed by atoms with Crippen LogP contribution in [0.4, 0.5) is 0 Å². The molecule has 0 N–H and O–H groups in total. The van der Waals surface area contributed by atoms with Crippen molar-refractivity contribution < 1.29 is 33.3 Å². The fourth-order valence-electron chi connectivity index (χ4n) is 1.95. The molecule has 0 aromatic carbocycles. The van der Waals surface area contributed by atoms with Gasteiger partial charge in [-0.3, -0.25) is 9.59 Å². The molecule has 7 nitrogen and oxygen atoms in total. The lowest BCUT2D eigenvalue weighted by atomic mass is 9.93. The Hall–Kier alpha value is -1.15. The van der Waals surface area contributed by atoms with Gasteiger partial charge in [0.25, 0.3) is 0 Å². The lowest BCUT2D eigenvalue weighted by molar-refractivity contribution is -0.216. The van der Waals surface area contributed by atoms with Crippen LogP contribution in [0.3, 0.4) is 0 Å². The van der Waals surface area contributed by atoms with Crippen LogP contribution in [0.2, 0.25) is 0 Å². The highest BCUT2D eigenvalue weighted by Crippen LogP contribution is 2.33. The number of carbonyl (C=O) groups excluding carboxylic acids is 3. The minimum atomic E-state index is -1.16. The first-order chi connectivity index (χ1) is 9.27. The summed E-state index contributed by atoms with van der Waals surface area (Å²) in [5, 5.41) is -0.539. The summed E-state index contributed by atoms with van der Waals surface area (Å²) in [5.74, 6) is -2.16. The molecule has 1 rings (SSSR count). The Labute approximate surface area is 125 Å². The number of hydrogen-bond acceptors (Lipinski definition) is 7. The smallest absolute Gasteiger partial charge is 0.339 e. The summed E-state index contributed by atoms with van der Waals surface area (Å²) in [6.45, 7) is 4.18. The largest absolute Gasteiger partial charge is 0.467 e. The number of carbonyl (C=O) groups is 3. The van der Waals surface area contributed by atoms with Gasteiger partial charge in [0.05, 0.1) is 7.11 Å². The van der Waals surface area contributed by atoms with E-state index in [0.29, 0.717) is 0 Å². The molecule has 0 radical (unpaired) electrons. The van der Waals surface area contributed by atoms with Crippen LogP contribution in [0.15, 0.2) is 0 Å². The van der Waals surface area contributed by atoms with Crippen molar-refractivity contribution in [3.63, 3.8) is 0 Å². The van der Waals surface area contributed by atoms with Crippen molar-refractivity contribution in [2.24, 2.45) is 5.92 Å². The van der Waals surface area contributed by atoms with Crippen LogP contribution in [-0.4, -0.2) is 48.3 Å². The fraction of sp³-hybridized carbons (Fsp3) is 0.750. The van der Waals surface area contributed by atoms with Gasteiger partial charge in [-0.1, -0.05) is 22.9 Å². The number of hydrogen-bond donors (Lipinski definition) is 0. The summed E-state index contributed by atoms with van der Waals surface area (Å²) in [7, 11) is 1.19. The number of alkyl halides is 1. The number of rotatable bonds is 3. The van der Waals surface area contributed by atoms with Crippen LogP contribution in [0.5, 0.6) is 0 Å². The molecular weight excluding hydrogens is 336 g/mol. The molecule has 0 aliphatic carbocycles. The van der Waals surface area contributed by atoms with Crippen molar-refractivity contribution in [3.05, 3.63) is 0 Å². The van der Waals surface area contributed by atoms with Crippen molar-refractivity contribution in [2.45, 2.75) is 44.1 Å². The molecule has 0 bridgehead atoms. The standard InChI is InChI=1S/C12H17BrO7/c1-5-8(18-6(2)14)9(19-7(3)15)10(12(16)17-4)20-11(5)13/h5,8-11H,1-4H3. The average molecular weight is 353 g/mol. The van der Waals surface area contributed by atoms with Gasteiger partial charge in [-0.15, -0.1) is 0 Å². The number of ether oxygens (including phenoxy) is 4. The van der Waals surface area contributed by atoms with E-state index >= 15 is 0 Å². The van der Waals surface area contributed by atoms with E-state index < -0.39 is 41.2 Å². The Bertz CT molecular complexity index is 397. The first kappa shape index (κ1) is 16.9. The normalized spacial score (nSPS) is 33.1. The van der Waals surface area contributed by atoms with Gasteiger partial charge in [-0.25, -0.2) is 4.79 Å². The number of halogens is 1. The lowest BCUT2D eigenvalue weighted by Gasteiger charge is -2.41. The Balaban J connectivity index is 3.07. The number of esters is 3. The van der Waals surface area contributed by atoms with E-state index in [-0.39, 0.29) is 5.92 Å². The summed E-state index contributed by atoms with van der Waals surface area (Å²) >= 11 is 3.25. The quantitative estimate of drug-likeness (QED) is 0.421. The SMILES string of the molecule is COC(=O)C1OC(Br)C(C)C(OC(C)=O)C1OC(C)=O. The van der Waals surface area contributed by atoms with E-state index in [1.54, 1.807) is 6.92 Å². The van der Waals surface area contributed by atoms with E-state index in [9.17, 15) is 14.4 Å². The molecule has 1 saturated heterocycles. The van der Waals surface area contributed by atoms with Gasteiger partial charge in [0.15, 0.2) is 12.2 Å². The third-order valence-electron chi connectivity index (χ3n) is 2.87. The summed E-state index contributed by atoms with van der Waals surface area (Å²) in [6, 6.07) is 0. The lowest BCUT2D eigenvalue weighted by Crippen LogP contribution is -2.57. The van der Waals surface area contributed by atoms with Crippen LogP contribution < -0.4 is 0 Å². The van der Waals surface area contributed by atoms with E-state index in [1.165, 1.54) is 21.0 Å². The maximum Gasteiger partial charge on any atom is 0.339 e. The van der Waals surface area contributed by atoms with Crippen molar-refractivity contribution in [3.8, 4) is 0 Å². The van der Waals surface area contributed by atoms with Crippen LogP contribution in [0, 0.1) is 5.92 Å². The maximum atomic E-state index is 11.7. The molecule has 0 saturated carbocycles. The highest BCUT2D eigenvalue weighted by molar-refractivity contribution is 9.09. The topological polar surface area (TPSA) is 88.1 Å². The van der Waals surface area contributed by atoms with Crippen LogP contribution in [0.1, 0.15) is 20.8 Å². The van der Waals surface area contributed by atoms with E-state index in [2.05, 4.69) is 20.7 Å². The van der Waals surface area contributed by atoms with E-state index in [4.69, 9.17) is 14.2 Å². The van der Waals surface area contributed by atoms with Crippen LogP contribution >= 0.6 is 15.9 Å². The average Bonchev–Trinajstić information content (AvgIpc) is 2.36. The minimum Gasteiger partial charge on any atom is -0.467 e. The number of methoxy groups -OCH3 is 1. The van der Waals surface area contributed by atoms with Crippen molar-refractivity contribution >= 4 is 33.8 Å². The van der Waals surface area contributed by atoms with Crippen LogP contribution in [-0.2, 0) is 33.3 Å². The molecule has 114 valence electrons. The molecular formula is C12H17BrO7. The Kier molecular flexibility index (Phi) is 5.94. The highest BCUT2D eigenvalue weighted by atomic mass is 79.9. The molecule has 5 unspecified atom stereocenters.